The third-order valence-corrected chi connectivity index (χ3v) is 2.15. The summed E-state index contributed by atoms with van der Waals surface area (Å²) in [5.41, 5.74) is 0. The van der Waals surface area contributed by atoms with Gasteiger partial charge in [-0.2, -0.15) is 13.2 Å². The van der Waals surface area contributed by atoms with Crippen LogP contribution in [-0.4, -0.2) is 55.3 Å². The number of ether oxygens (including phenoxy) is 1. The van der Waals surface area contributed by atoms with Crippen LogP contribution in [-0.2, 0) is 9.53 Å². The SMILES string of the molecule is COCC(CCO)NCC(C(=O)O)C(F)(F)F. The van der Waals surface area contributed by atoms with E-state index in [4.69, 9.17) is 14.9 Å². The molecule has 3 N–H and O–H groups in total. The Morgan fingerprint density at radius 1 is 1.47 bits per heavy atom. The van der Waals surface area contributed by atoms with Gasteiger partial charge in [0.25, 0.3) is 0 Å². The van der Waals surface area contributed by atoms with Crippen LogP contribution >= 0.6 is 0 Å². The Morgan fingerprint density at radius 2 is 2.06 bits per heavy atom. The number of carboxylic acids is 1. The van der Waals surface area contributed by atoms with Crippen molar-refractivity contribution in [1.29, 1.82) is 0 Å². The van der Waals surface area contributed by atoms with Crippen LogP contribution in [0.3, 0.4) is 0 Å². The molecule has 0 saturated carbocycles. The Hall–Kier alpha value is -0.860. The molecular formula is C9H16F3NO4. The number of aliphatic hydroxyl groups is 1. The molecule has 0 spiro atoms. The topological polar surface area (TPSA) is 78.8 Å². The number of hydrogen-bond donors (Lipinski definition) is 3. The van der Waals surface area contributed by atoms with Crippen molar-refractivity contribution in [3.05, 3.63) is 0 Å². The van der Waals surface area contributed by atoms with Gasteiger partial charge in [-0.1, -0.05) is 0 Å². The molecule has 0 aliphatic heterocycles. The molecule has 0 bridgehead atoms. The van der Waals surface area contributed by atoms with Gasteiger partial charge in [0.2, 0.25) is 0 Å². The Kier molecular flexibility index (Phi) is 7.09. The molecule has 102 valence electrons. The number of nitrogens with one attached hydrogen (secondary N) is 1. The van der Waals surface area contributed by atoms with Gasteiger partial charge in [0.1, 0.15) is 0 Å². The molecule has 0 rings (SSSR count). The Bertz CT molecular complexity index is 229. The molecule has 0 aliphatic carbocycles. The van der Waals surface area contributed by atoms with Crippen molar-refractivity contribution in [3.63, 3.8) is 0 Å². The summed E-state index contributed by atoms with van der Waals surface area (Å²) < 4.78 is 41.6. The highest BCUT2D eigenvalue weighted by Crippen LogP contribution is 2.25. The molecule has 0 fully saturated rings. The van der Waals surface area contributed by atoms with Crippen molar-refractivity contribution in [2.45, 2.75) is 18.6 Å². The van der Waals surface area contributed by atoms with E-state index in [1.807, 2.05) is 0 Å². The van der Waals surface area contributed by atoms with Crippen LogP contribution in [0.25, 0.3) is 0 Å². The van der Waals surface area contributed by atoms with Gasteiger partial charge in [0, 0.05) is 26.3 Å². The molecule has 0 aliphatic rings. The zero-order valence-electron chi connectivity index (χ0n) is 9.33. The van der Waals surface area contributed by atoms with Crippen molar-refractivity contribution < 1.29 is 32.9 Å². The number of alkyl halides is 3. The Morgan fingerprint density at radius 3 is 2.41 bits per heavy atom. The fraction of sp³-hybridized carbons (Fsp3) is 0.889. The summed E-state index contributed by atoms with van der Waals surface area (Å²) in [6, 6.07) is -0.505. The van der Waals surface area contributed by atoms with Gasteiger partial charge in [-0.05, 0) is 6.42 Å². The molecule has 8 heteroatoms. The molecule has 0 radical (unpaired) electrons. The highest BCUT2D eigenvalue weighted by molar-refractivity contribution is 5.71. The number of carboxylic acid groups (broad SMARTS) is 1. The highest BCUT2D eigenvalue weighted by atomic mass is 19.4. The molecular weight excluding hydrogens is 243 g/mol. The van der Waals surface area contributed by atoms with Crippen molar-refractivity contribution in [2.75, 3.05) is 26.9 Å². The zero-order valence-corrected chi connectivity index (χ0v) is 9.33. The predicted octanol–water partition coefficient (Wildman–Crippen LogP) is 0.236. The molecule has 0 heterocycles. The maximum absolute atomic E-state index is 12.3. The maximum Gasteiger partial charge on any atom is 0.403 e. The number of carbonyl (C=O) groups is 1. The van der Waals surface area contributed by atoms with Crippen LogP contribution in [0, 0.1) is 5.92 Å². The van der Waals surface area contributed by atoms with E-state index in [9.17, 15) is 18.0 Å². The van der Waals surface area contributed by atoms with Crippen LogP contribution in [0.1, 0.15) is 6.42 Å². The lowest BCUT2D eigenvalue weighted by molar-refractivity contribution is -0.192. The average molecular weight is 259 g/mol. The van der Waals surface area contributed by atoms with E-state index in [1.165, 1.54) is 7.11 Å². The molecule has 0 amide bonds. The first-order valence-electron chi connectivity index (χ1n) is 4.95. The summed E-state index contributed by atoms with van der Waals surface area (Å²) >= 11 is 0. The first-order chi connectivity index (χ1) is 7.82. The highest BCUT2D eigenvalue weighted by Gasteiger charge is 2.44. The standard InChI is InChI=1S/C9H16F3NO4/c1-17-5-6(2-3-14)13-4-7(8(15)16)9(10,11)12/h6-7,13-14H,2-5H2,1H3,(H,15,16). The van der Waals surface area contributed by atoms with Gasteiger partial charge >= 0.3 is 12.1 Å². The number of aliphatic hydroxyl groups excluding tert-OH is 1. The number of halogens is 3. The number of methoxy groups -OCH3 is 1. The van der Waals surface area contributed by atoms with Gasteiger partial charge in [0.05, 0.1) is 6.61 Å². The van der Waals surface area contributed by atoms with Crippen LogP contribution in [0.15, 0.2) is 0 Å². The predicted molar refractivity (Wildman–Crippen MR) is 52.6 cm³/mol. The number of aliphatic carboxylic acids is 1. The molecule has 0 aromatic heterocycles. The van der Waals surface area contributed by atoms with Crippen LogP contribution < -0.4 is 5.32 Å². The first kappa shape index (κ1) is 16.1. The third kappa shape index (κ3) is 6.44. The summed E-state index contributed by atoms with van der Waals surface area (Å²) in [7, 11) is 1.37. The lowest BCUT2D eigenvalue weighted by atomic mass is 10.1. The fourth-order valence-corrected chi connectivity index (χ4v) is 1.23. The molecule has 17 heavy (non-hydrogen) atoms. The number of rotatable bonds is 8. The van der Waals surface area contributed by atoms with E-state index in [1.54, 1.807) is 0 Å². The fourth-order valence-electron chi connectivity index (χ4n) is 1.23. The Balaban J connectivity index is 4.32. The lowest BCUT2D eigenvalue weighted by Crippen LogP contribution is -2.44. The number of hydrogen-bond acceptors (Lipinski definition) is 4. The summed E-state index contributed by atoms with van der Waals surface area (Å²) in [6.45, 7) is -0.859. The normalized spacial score (nSPS) is 15.6. The second-order valence-corrected chi connectivity index (χ2v) is 3.51. The van der Waals surface area contributed by atoms with Gasteiger partial charge in [-0.15, -0.1) is 0 Å². The quantitative estimate of drug-likeness (QED) is 0.582. The molecule has 0 aromatic rings. The monoisotopic (exact) mass is 259 g/mol. The second kappa shape index (κ2) is 7.46. The minimum Gasteiger partial charge on any atom is -0.481 e. The first-order valence-corrected chi connectivity index (χ1v) is 4.95. The van der Waals surface area contributed by atoms with Gasteiger partial charge < -0.3 is 20.3 Å². The van der Waals surface area contributed by atoms with Crippen LogP contribution in [0.5, 0.6) is 0 Å². The van der Waals surface area contributed by atoms with Crippen molar-refractivity contribution in [2.24, 2.45) is 5.92 Å². The maximum atomic E-state index is 12.3. The molecule has 0 saturated heterocycles. The molecule has 5 nitrogen and oxygen atoms in total. The smallest absolute Gasteiger partial charge is 0.403 e. The minimum atomic E-state index is -4.80. The molecule has 2 unspecified atom stereocenters. The summed E-state index contributed by atoms with van der Waals surface area (Å²) in [5.74, 6) is -4.38. The summed E-state index contributed by atoms with van der Waals surface area (Å²) in [6.07, 6.45) is -4.60. The van der Waals surface area contributed by atoms with Crippen molar-refractivity contribution in [3.8, 4) is 0 Å². The van der Waals surface area contributed by atoms with Crippen molar-refractivity contribution in [1.82, 2.24) is 5.32 Å². The second-order valence-electron chi connectivity index (χ2n) is 3.51. The largest absolute Gasteiger partial charge is 0.481 e. The van der Waals surface area contributed by atoms with E-state index < -0.39 is 30.7 Å². The van der Waals surface area contributed by atoms with E-state index in [0.29, 0.717) is 0 Å². The average Bonchev–Trinajstić information content (AvgIpc) is 2.15. The summed E-state index contributed by atoms with van der Waals surface area (Å²) in [4.78, 5) is 10.4. The van der Waals surface area contributed by atoms with Gasteiger partial charge in [-0.3, -0.25) is 4.79 Å². The zero-order chi connectivity index (χ0) is 13.5. The lowest BCUT2D eigenvalue weighted by Gasteiger charge is -2.21. The molecule has 2 atom stereocenters. The van der Waals surface area contributed by atoms with E-state index in [2.05, 4.69) is 5.32 Å². The third-order valence-electron chi connectivity index (χ3n) is 2.15. The van der Waals surface area contributed by atoms with E-state index in [0.717, 1.165) is 0 Å². The van der Waals surface area contributed by atoms with Crippen LogP contribution in [0.2, 0.25) is 0 Å². The Labute approximate surface area is 96.6 Å². The van der Waals surface area contributed by atoms with E-state index in [-0.39, 0.29) is 19.6 Å². The van der Waals surface area contributed by atoms with E-state index >= 15 is 0 Å². The van der Waals surface area contributed by atoms with Crippen molar-refractivity contribution >= 4 is 5.97 Å². The summed E-state index contributed by atoms with van der Waals surface area (Å²) in [5, 5.41) is 19.5. The van der Waals surface area contributed by atoms with Crippen LogP contribution in [0.4, 0.5) is 13.2 Å². The minimum absolute atomic E-state index is 0.102. The molecule has 0 aromatic carbocycles. The van der Waals surface area contributed by atoms with Gasteiger partial charge in [0.15, 0.2) is 5.92 Å². The van der Waals surface area contributed by atoms with Gasteiger partial charge in [-0.25, -0.2) is 0 Å².